The Morgan fingerprint density at radius 1 is 1.00 bits per heavy atom. The zero-order valence-electron chi connectivity index (χ0n) is 25.8. The summed E-state index contributed by atoms with van der Waals surface area (Å²) in [7, 11) is 0. The minimum absolute atomic E-state index is 0.0863. The molecule has 226 valence electrons. The Balaban J connectivity index is 1.52. The summed E-state index contributed by atoms with van der Waals surface area (Å²) in [6, 6.07) is 24.7. The van der Waals surface area contributed by atoms with Crippen molar-refractivity contribution < 1.29 is 28.6 Å². The molecule has 1 aliphatic heterocycles. The maximum absolute atomic E-state index is 13.8. The van der Waals surface area contributed by atoms with E-state index in [1.807, 2.05) is 87.5 Å². The summed E-state index contributed by atoms with van der Waals surface area (Å²) in [5.74, 6) is -3.74. The lowest BCUT2D eigenvalue weighted by molar-refractivity contribution is -0.162. The first-order valence-electron chi connectivity index (χ1n) is 14.6. The van der Waals surface area contributed by atoms with Crippen molar-refractivity contribution in [2.45, 2.75) is 72.5 Å². The summed E-state index contributed by atoms with van der Waals surface area (Å²) in [5.41, 5.74) is 4.55. The topological polar surface area (TPSA) is 90.9 Å². The molecule has 1 N–H and O–H groups in total. The molecule has 1 fully saturated rings. The largest absolute Gasteiger partial charge is 0.459 e. The quantitative estimate of drug-likeness (QED) is 0.269. The van der Waals surface area contributed by atoms with Gasteiger partial charge >= 0.3 is 11.9 Å². The molecule has 4 rings (SSSR count). The molecule has 0 saturated carbocycles. The van der Waals surface area contributed by atoms with Crippen molar-refractivity contribution in [1.82, 2.24) is 5.32 Å². The molecule has 1 amide bonds. The van der Waals surface area contributed by atoms with Gasteiger partial charge in [-0.1, -0.05) is 112 Å². The molecule has 1 heterocycles. The maximum atomic E-state index is 13.8. The predicted octanol–water partition coefficient (Wildman–Crippen LogP) is 6.63. The van der Waals surface area contributed by atoms with Crippen molar-refractivity contribution in [2.75, 3.05) is 0 Å². The molecule has 43 heavy (non-hydrogen) atoms. The van der Waals surface area contributed by atoms with Crippen LogP contribution in [0.5, 0.6) is 0 Å². The van der Waals surface area contributed by atoms with E-state index in [2.05, 4.69) is 36.5 Å². The number of rotatable bonds is 10. The number of benzene rings is 3. The van der Waals surface area contributed by atoms with E-state index in [0.717, 1.165) is 27.8 Å². The fraction of sp³-hybridized carbons (Fsp3) is 0.361. The number of hydrogen-bond donors (Lipinski definition) is 1. The number of carbonyl (C=O) groups excluding carboxylic acids is 3. The number of carbonyl (C=O) groups is 3. The van der Waals surface area contributed by atoms with Gasteiger partial charge in [-0.2, -0.15) is 0 Å². The third-order valence-electron chi connectivity index (χ3n) is 7.34. The standard InChI is InChI=1S/C36H41NO6/c1-24-22-25(20-21-28(24)27-17-11-8-12-18-27)16-13-19-29(30-33(39)43-36(5,6)42-30)32(38)37-31(35(2,3)4)34(40)41-23-26-14-9-7-10-15-26/h7-18,20-22,29-31H,19,23H2,1-6H3,(H,37,38)/b16-13+/t29-,30+,31-/m1/s1. The highest BCUT2D eigenvalue weighted by Gasteiger charge is 2.48. The van der Waals surface area contributed by atoms with E-state index in [9.17, 15) is 14.4 Å². The molecular formula is C36H41NO6. The summed E-state index contributed by atoms with van der Waals surface area (Å²) in [6.45, 7) is 11.0. The number of aryl methyl sites for hydroxylation is 1. The van der Waals surface area contributed by atoms with Crippen LogP contribution in [0.1, 0.15) is 57.7 Å². The van der Waals surface area contributed by atoms with Gasteiger partial charge in [-0.15, -0.1) is 0 Å². The first-order valence-corrected chi connectivity index (χ1v) is 14.6. The van der Waals surface area contributed by atoms with E-state index in [-0.39, 0.29) is 13.0 Å². The molecule has 3 aromatic carbocycles. The first-order chi connectivity index (χ1) is 20.3. The molecule has 0 spiro atoms. The van der Waals surface area contributed by atoms with Crippen LogP contribution in [0, 0.1) is 18.3 Å². The third-order valence-corrected chi connectivity index (χ3v) is 7.34. The Bertz CT molecular complexity index is 1460. The van der Waals surface area contributed by atoms with Gasteiger partial charge in [0.25, 0.3) is 0 Å². The second-order valence-electron chi connectivity index (χ2n) is 12.4. The molecule has 3 aromatic rings. The maximum Gasteiger partial charge on any atom is 0.338 e. The highest BCUT2D eigenvalue weighted by molar-refractivity contribution is 5.91. The van der Waals surface area contributed by atoms with Gasteiger partial charge in [0.05, 0.1) is 5.92 Å². The van der Waals surface area contributed by atoms with Crippen LogP contribution in [0.25, 0.3) is 17.2 Å². The summed E-state index contributed by atoms with van der Waals surface area (Å²) >= 11 is 0. The molecule has 0 radical (unpaired) electrons. The minimum Gasteiger partial charge on any atom is -0.459 e. The third kappa shape index (κ3) is 8.42. The van der Waals surface area contributed by atoms with Crippen molar-refractivity contribution in [3.8, 4) is 11.1 Å². The Morgan fingerprint density at radius 2 is 1.65 bits per heavy atom. The average molecular weight is 584 g/mol. The fourth-order valence-corrected chi connectivity index (χ4v) is 5.07. The fourth-order valence-electron chi connectivity index (χ4n) is 5.07. The van der Waals surface area contributed by atoms with Crippen LogP contribution in [0.15, 0.2) is 84.9 Å². The Hall–Kier alpha value is -4.23. The number of nitrogens with one attached hydrogen (secondary N) is 1. The Labute approximate surface area is 254 Å². The van der Waals surface area contributed by atoms with E-state index in [1.54, 1.807) is 13.8 Å². The van der Waals surface area contributed by atoms with Crippen molar-refractivity contribution in [1.29, 1.82) is 0 Å². The van der Waals surface area contributed by atoms with Crippen LogP contribution in [-0.2, 0) is 35.2 Å². The lowest BCUT2D eigenvalue weighted by Crippen LogP contribution is -2.53. The van der Waals surface area contributed by atoms with Crippen molar-refractivity contribution >= 4 is 23.9 Å². The number of amides is 1. The lowest BCUT2D eigenvalue weighted by atomic mass is 9.85. The molecule has 7 nitrogen and oxygen atoms in total. The van der Waals surface area contributed by atoms with Crippen molar-refractivity contribution in [3.63, 3.8) is 0 Å². The SMILES string of the molecule is Cc1cc(/C=C/C[C@@H](C(=O)N[C@H](C(=O)OCc2ccccc2)C(C)(C)C)[C@@H]2OC(C)(C)OC2=O)ccc1-c1ccccc1. The van der Waals surface area contributed by atoms with Crippen LogP contribution in [0.2, 0.25) is 0 Å². The van der Waals surface area contributed by atoms with E-state index < -0.39 is 47.1 Å². The molecule has 1 aliphatic rings. The first kappa shape index (κ1) is 31.7. The van der Waals surface area contributed by atoms with E-state index >= 15 is 0 Å². The van der Waals surface area contributed by atoms with Gasteiger partial charge in [0.2, 0.25) is 11.7 Å². The number of hydrogen-bond acceptors (Lipinski definition) is 6. The molecule has 0 aliphatic carbocycles. The normalized spacial score (nSPS) is 17.7. The van der Waals surface area contributed by atoms with Crippen molar-refractivity contribution in [3.05, 3.63) is 102 Å². The van der Waals surface area contributed by atoms with Crippen LogP contribution in [0.4, 0.5) is 0 Å². The second kappa shape index (κ2) is 13.4. The molecule has 3 atom stereocenters. The van der Waals surface area contributed by atoms with Crippen LogP contribution < -0.4 is 5.32 Å². The number of allylic oxidation sites excluding steroid dienone is 1. The van der Waals surface area contributed by atoms with Crippen LogP contribution in [-0.4, -0.2) is 35.8 Å². The number of ether oxygens (including phenoxy) is 3. The van der Waals surface area contributed by atoms with Gasteiger partial charge in [-0.05, 0) is 46.6 Å². The zero-order chi connectivity index (χ0) is 31.2. The van der Waals surface area contributed by atoms with Gasteiger partial charge in [0.15, 0.2) is 6.10 Å². The minimum atomic E-state index is -1.16. The lowest BCUT2D eigenvalue weighted by Gasteiger charge is -2.31. The van der Waals surface area contributed by atoms with E-state index in [0.29, 0.717) is 0 Å². The number of cyclic esters (lactones) is 1. The van der Waals surface area contributed by atoms with E-state index in [1.165, 1.54) is 0 Å². The van der Waals surface area contributed by atoms with Crippen molar-refractivity contribution in [2.24, 2.45) is 11.3 Å². The van der Waals surface area contributed by atoms with Gasteiger partial charge in [-0.3, -0.25) is 4.79 Å². The Morgan fingerprint density at radius 3 is 2.23 bits per heavy atom. The highest BCUT2D eigenvalue weighted by Crippen LogP contribution is 2.31. The van der Waals surface area contributed by atoms with Gasteiger partial charge in [-0.25, -0.2) is 9.59 Å². The highest BCUT2D eigenvalue weighted by atomic mass is 16.8. The average Bonchev–Trinajstić information content (AvgIpc) is 3.24. The molecule has 7 heteroatoms. The molecule has 0 bridgehead atoms. The van der Waals surface area contributed by atoms with E-state index in [4.69, 9.17) is 14.2 Å². The van der Waals surface area contributed by atoms with Gasteiger partial charge < -0.3 is 19.5 Å². The smallest absolute Gasteiger partial charge is 0.338 e. The van der Waals surface area contributed by atoms with Gasteiger partial charge in [0.1, 0.15) is 12.6 Å². The summed E-state index contributed by atoms with van der Waals surface area (Å²) in [6.07, 6.45) is 2.84. The Kier molecular flexibility index (Phi) is 9.87. The summed E-state index contributed by atoms with van der Waals surface area (Å²) < 4.78 is 16.8. The molecule has 1 saturated heterocycles. The molecule has 0 unspecified atom stereocenters. The summed E-state index contributed by atoms with van der Waals surface area (Å²) in [5, 5.41) is 2.87. The number of esters is 2. The second-order valence-corrected chi connectivity index (χ2v) is 12.4. The zero-order valence-corrected chi connectivity index (χ0v) is 25.8. The van der Waals surface area contributed by atoms with Crippen LogP contribution in [0.3, 0.4) is 0 Å². The monoisotopic (exact) mass is 583 g/mol. The summed E-state index contributed by atoms with van der Waals surface area (Å²) in [4.78, 5) is 39.8. The van der Waals surface area contributed by atoms with Gasteiger partial charge in [0, 0.05) is 13.8 Å². The predicted molar refractivity (Wildman–Crippen MR) is 166 cm³/mol. The molecular weight excluding hydrogens is 542 g/mol. The molecule has 0 aromatic heterocycles. The van der Waals surface area contributed by atoms with Crippen LogP contribution >= 0.6 is 0 Å².